The highest BCUT2D eigenvalue weighted by Gasteiger charge is 2.10. The second-order valence-electron chi connectivity index (χ2n) is 6.02. The normalized spacial score (nSPS) is 11.7. The van der Waals surface area contributed by atoms with Crippen molar-refractivity contribution in [1.29, 1.82) is 0 Å². The minimum atomic E-state index is 0. The quantitative estimate of drug-likeness (QED) is 0.246. The maximum Gasteiger partial charge on any atom is 0.193 e. The molecular formula is C19H22IN5OS. The van der Waals surface area contributed by atoms with E-state index in [1.54, 1.807) is 11.3 Å². The number of hydrogen-bond acceptors (Lipinski definition) is 4. The number of benzene rings is 1. The van der Waals surface area contributed by atoms with E-state index in [2.05, 4.69) is 40.5 Å². The second kappa shape index (κ2) is 8.75. The van der Waals surface area contributed by atoms with Crippen molar-refractivity contribution in [1.82, 2.24) is 20.0 Å². The van der Waals surface area contributed by atoms with Crippen LogP contribution in [0.3, 0.4) is 0 Å². The summed E-state index contributed by atoms with van der Waals surface area (Å²) in [5, 5.41) is 9.80. The van der Waals surface area contributed by atoms with E-state index < -0.39 is 0 Å². The molecule has 2 N–H and O–H groups in total. The van der Waals surface area contributed by atoms with Gasteiger partial charge < -0.3 is 15.1 Å². The summed E-state index contributed by atoms with van der Waals surface area (Å²) in [6.07, 6.45) is 4.02. The van der Waals surface area contributed by atoms with Gasteiger partial charge >= 0.3 is 0 Å². The largest absolute Gasteiger partial charge is 0.459 e. The molecule has 27 heavy (non-hydrogen) atoms. The number of furan rings is 1. The van der Waals surface area contributed by atoms with Crippen molar-refractivity contribution in [2.24, 2.45) is 4.99 Å². The van der Waals surface area contributed by atoms with E-state index in [4.69, 9.17) is 4.42 Å². The van der Waals surface area contributed by atoms with Crippen LogP contribution in [0.4, 0.5) is 0 Å². The smallest absolute Gasteiger partial charge is 0.193 e. The second-order valence-corrected chi connectivity index (χ2v) is 6.89. The molecule has 8 heteroatoms. The number of halogens is 1. The molecule has 0 radical (unpaired) electrons. The number of aryl methyl sites for hydroxylation is 1. The molecule has 0 aliphatic rings. The highest BCUT2D eigenvalue weighted by molar-refractivity contribution is 14.0. The molecule has 6 nitrogen and oxygen atoms in total. The highest BCUT2D eigenvalue weighted by atomic mass is 127. The molecule has 3 aromatic heterocycles. The van der Waals surface area contributed by atoms with E-state index in [1.807, 2.05) is 40.4 Å². The van der Waals surface area contributed by atoms with E-state index in [0.717, 1.165) is 39.9 Å². The predicted octanol–water partition coefficient (Wildman–Crippen LogP) is 4.32. The monoisotopic (exact) mass is 495 g/mol. The van der Waals surface area contributed by atoms with E-state index in [0.29, 0.717) is 13.1 Å². The van der Waals surface area contributed by atoms with Gasteiger partial charge in [-0.2, -0.15) is 0 Å². The molecule has 0 saturated heterocycles. The fourth-order valence-electron chi connectivity index (χ4n) is 2.91. The van der Waals surface area contributed by atoms with Crippen molar-refractivity contribution in [2.75, 3.05) is 6.54 Å². The summed E-state index contributed by atoms with van der Waals surface area (Å²) in [5.41, 5.74) is 3.04. The number of rotatable bonds is 5. The molecule has 0 spiro atoms. The summed E-state index contributed by atoms with van der Waals surface area (Å²) in [5.74, 6) is 1.68. The fraction of sp³-hybridized carbons (Fsp3) is 0.263. The number of thiazole rings is 1. The Balaban J connectivity index is 0.00000210. The number of imidazole rings is 1. The van der Waals surface area contributed by atoms with Gasteiger partial charge in [0.05, 0.1) is 18.8 Å². The molecule has 0 unspecified atom stereocenters. The lowest BCUT2D eigenvalue weighted by molar-refractivity contribution is 0.534. The van der Waals surface area contributed by atoms with Gasteiger partial charge in [0.2, 0.25) is 0 Å². The molecule has 0 fully saturated rings. The van der Waals surface area contributed by atoms with E-state index >= 15 is 0 Å². The maximum absolute atomic E-state index is 5.96. The van der Waals surface area contributed by atoms with E-state index in [-0.39, 0.29) is 24.0 Å². The van der Waals surface area contributed by atoms with Crippen LogP contribution in [0.1, 0.15) is 23.9 Å². The van der Waals surface area contributed by atoms with E-state index in [1.165, 1.54) is 5.56 Å². The van der Waals surface area contributed by atoms with Crippen LogP contribution in [0, 0.1) is 6.92 Å². The Kier molecular flexibility index (Phi) is 6.38. The molecule has 4 rings (SSSR count). The third kappa shape index (κ3) is 4.27. The Morgan fingerprint density at radius 3 is 2.93 bits per heavy atom. The van der Waals surface area contributed by atoms with E-state index in [9.17, 15) is 0 Å². The minimum Gasteiger partial charge on any atom is -0.459 e. The first-order chi connectivity index (χ1) is 12.7. The van der Waals surface area contributed by atoms with Gasteiger partial charge in [-0.3, -0.25) is 4.40 Å². The van der Waals surface area contributed by atoms with Gasteiger partial charge in [-0.15, -0.1) is 35.3 Å². The van der Waals surface area contributed by atoms with Crippen molar-refractivity contribution in [2.45, 2.75) is 26.9 Å². The van der Waals surface area contributed by atoms with Gasteiger partial charge in [-0.05, 0) is 19.9 Å². The first kappa shape index (κ1) is 19.7. The van der Waals surface area contributed by atoms with Crippen LogP contribution >= 0.6 is 35.3 Å². The number of hydrogen-bond donors (Lipinski definition) is 2. The third-order valence-corrected chi connectivity index (χ3v) is 5.02. The predicted molar refractivity (Wildman–Crippen MR) is 121 cm³/mol. The van der Waals surface area contributed by atoms with Crippen LogP contribution in [0.2, 0.25) is 0 Å². The van der Waals surface area contributed by atoms with Gasteiger partial charge in [0.1, 0.15) is 11.3 Å². The number of nitrogens with one attached hydrogen (secondary N) is 2. The maximum atomic E-state index is 5.96. The SMILES string of the molecule is CCNC(=NCc1cn2ccsc2n1)NCc1oc2ccccc2c1C.I. The number of para-hydroxylation sites is 1. The van der Waals surface area contributed by atoms with Crippen LogP contribution in [0.15, 0.2) is 51.4 Å². The third-order valence-electron chi connectivity index (χ3n) is 4.25. The van der Waals surface area contributed by atoms with Gasteiger partial charge in [0, 0.05) is 35.3 Å². The van der Waals surface area contributed by atoms with Crippen LogP contribution in [0.5, 0.6) is 0 Å². The average Bonchev–Trinajstić information content (AvgIpc) is 3.32. The van der Waals surface area contributed by atoms with Crippen LogP contribution < -0.4 is 10.6 Å². The van der Waals surface area contributed by atoms with Gasteiger partial charge in [-0.25, -0.2) is 9.98 Å². The molecule has 4 aromatic rings. The summed E-state index contributed by atoms with van der Waals surface area (Å²) >= 11 is 1.62. The van der Waals surface area contributed by atoms with Crippen LogP contribution in [0.25, 0.3) is 15.9 Å². The Morgan fingerprint density at radius 2 is 2.15 bits per heavy atom. The molecule has 0 aliphatic carbocycles. The molecule has 142 valence electrons. The first-order valence-electron chi connectivity index (χ1n) is 8.65. The summed E-state index contributed by atoms with van der Waals surface area (Å²) in [4.78, 5) is 10.2. The topological polar surface area (TPSA) is 66.9 Å². The van der Waals surface area contributed by atoms with Crippen molar-refractivity contribution < 1.29 is 4.42 Å². The van der Waals surface area contributed by atoms with Crippen LogP contribution in [-0.4, -0.2) is 21.9 Å². The lowest BCUT2D eigenvalue weighted by atomic mass is 10.1. The zero-order chi connectivity index (χ0) is 17.9. The summed E-state index contributed by atoms with van der Waals surface area (Å²) < 4.78 is 7.98. The number of guanidine groups is 1. The van der Waals surface area contributed by atoms with Crippen molar-refractivity contribution in [3.63, 3.8) is 0 Å². The Hall–Kier alpha value is -2.07. The lowest BCUT2D eigenvalue weighted by Gasteiger charge is -2.10. The molecule has 0 aliphatic heterocycles. The Bertz CT molecular complexity index is 1040. The zero-order valence-electron chi connectivity index (χ0n) is 15.2. The molecule has 3 heterocycles. The Morgan fingerprint density at radius 1 is 1.30 bits per heavy atom. The van der Waals surface area contributed by atoms with Gasteiger partial charge in [-0.1, -0.05) is 18.2 Å². The Labute approximate surface area is 178 Å². The molecule has 0 amide bonds. The first-order valence-corrected chi connectivity index (χ1v) is 9.53. The minimum absolute atomic E-state index is 0. The van der Waals surface area contributed by atoms with Crippen molar-refractivity contribution >= 4 is 57.2 Å². The van der Waals surface area contributed by atoms with Crippen LogP contribution in [-0.2, 0) is 13.1 Å². The molecular weight excluding hydrogens is 473 g/mol. The number of nitrogens with zero attached hydrogens (tertiary/aromatic N) is 3. The fourth-order valence-corrected chi connectivity index (χ4v) is 3.63. The van der Waals surface area contributed by atoms with Gasteiger partial charge in [0.25, 0.3) is 0 Å². The number of aromatic nitrogens is 2. The van der Waals surface area contributed by atoms with Crippen molar-refractivity contribution in [3.8, 4) is 0 Å². The molecule has 0 atom stereocenters. The number of aliphatic imine (C=N–C) groups is 1. The highest BCUT2D eigenvalue weighted by Crippen LogP contribution is 2.24. The average molecular weight is 495 g/mol. The van der Waals surface area contributed by atoms with Crippen molar-refractivity contribution in [3.05, 3.63) is 59.1 Å². The summed E-state index contributed by atoms with van der Waals surface area (Å²) in [6.45, 7) is 6.05. The molecule has 0 saturated carbocycles. The van der Waals surface area contributed by atoms with Gasteiger partial charge in [0.15, 0.2) is 10.9 Å². The molecule has 1 aromatic carbocycles. The summed E-state index contributed by atoms with van der Waals surface area (Å²) in [6, 6.07) is 8.10. The summed E-state index contributed by atoms with van der Waals surface area (Å²) in [7, 11) is 0. The zero-order valence-corrected chi connectivity index (χ0v) is 18.4. The number of fused-ring (bicyclic) bond motifs is 2. The standard InChI is InChI=1S/C19H21N5OS.HI/c1-3-20-18(21-10-14-12-24-8-9-26-19(24)23-14)22-11-17-13(2)15-6-4-5-7-16(15)25-17;/h4-9,12H,3,10-11H2,1-2H3,(H2,20,21,22);1H. The molecule has 0 bridgehead atoms. The lowest BCUT2D eigenvalue weighted by Crippen LogP contribution is -2.36.